The van der Waals surface area contributed by atoms with Gasteiger partial charge in [-0.2, -0.15) is 0 Å². The first-order valence-electron chi connectivity index (χ1n) is 8.87. The van der Waals surface area contributed by atoms with Crippen molar-refractivity contribution in [3.8, 4) is 0 Å². The third-order valence-corrected chi connectivity index (χ3v) is 4.50. The van der Waals surface area contributed by atoms with E-state index < -0.39 is 0 Å². The molecule has 1 N–H and O–H groups in total. The van der Waals surface area contributed by atoms with E-state index in [2.05, 4.69) is 78.3 Å². The molecule has 4 rings (SSSR count). The van der Waals surface area contributed by atoms with Crippen molar-refractivity contribution in [2.75, 3.05) is 5.32 Å². The molecule has 0 saturated heterocycles. The highest BCUT2D eigenvalue weighted by atomic mass is 15.1. The van der Waals surface area contributed by atoms with Crippen LogP contribution in [0.4, 0.5) is 5.69 Å². The standard InChI is InChI=1S/C22H23N3/c1-16(2)14-25-15-24-21-20(23-13-17-8-4-3-5-9-17)12-18-10-6-7-11-19(18)22(21)25/h3-12,15-16,23H,13-14H2,1-2H3. The second-order valence-electron chi connectivity index (χ2n) is 6.97. The minimum atomic E-state index is 0.581. The molecule has 4 aromatic rings. The molecular formula is C22H23N3. The number of hydrogen-bond donors (Lipinski definition) is 1. The van der Waals surface area contributed by atoms with E-state index in [0.29, 0.717) is 5.92 Å². The van der Waals surface area contributed by atoms with Gasteiger partial charge in [-0.3, -0.25) is 0 Å². The van der Waals surface area contributed by atoms with Gasteiger partial charge in [0.15, 0.2) is 0 Å². The number of hydrogen-bond acceptors (Lipinski definition) is 2. The fraction of sp³-hybridized carbons (Fsp3) is 0.227. The van der Waals surface area contributed by atoms with Crippen molar-refractivity contribution in [2.24, 2.45) is 5.92 Å². The highest BCUT2D eigenvalue weighted by Crippen LogP contribution is 2.32. The van der Waals surface area contributed by atoms with Crippen molar-refractivity contribution in [3.05, 3.63) is 72.6 Å². The molecular weight excluding hydrogens is 306 g/mol. The Morgan fingerprint density at radius 2 is 1.76 bits per heavy atom. The predicted octanol–water partition coefficient (Wildman–Crippen LogP) is 5.46. The highest BCUT2D eigenvalue weighted by molar-refractivity contribution is 6.09. The maximum Gasteiger partial charge on any atom is 0.112 e. The molecule has 0 unspecified atom stereocenters. The summed E-state index contributed by atoms with van der Waals surface area (Å²) in [6.07, 6.45) is 1.98. The van der Waals surface area contributed by atoms with Crippen LogP contribution < -0.4 is 5.32 Å². The van der Waals surface area contributed by atoms with Crippen LogP contribution >= 0.6 is 0 Å². The molecule has 1 heterocycles. The Kier molecular flexibility index (Phi) is 4.14. The topological polar surface area (TPSA) is 29.9 Å². The Labute approximate surface area is 148 Å². The normalized spacial score (nSPS) is 11.5. The zero-order valence-electron chi connectivity index (χ0n) is 14.7. The molecule has 0 bridgehead atoms. The van der Waals surface area contributed by atoms with Crippen LogP contribution in [0.2, 0.25) is 0 Å². The molecule has 0 atom stereocenters. The number of fused-ring (bicyclic) bond motifs is 3. The van der Waals surface area contributed by atoms with Gasteiger partial charge < -0.3 is 9.88 Å². The van der Waals surface area contributed by atoms with Crippen LogP contribution in [0.5, 0.6) is 0 Å². The van der Waals surface area contributed by atoms with Crippen molar-refractivity contribution < 1.29 is 0 Å². The van der Waals surface area contributed by atoms with E-state index in [1.165, 1.54) is 21.9 Å². The molecule has 0 saturated carbocycles. The Hall–Kier alpha value is -2.81. The molecule has 25 heavy (non-hydrogen) atoms. The number of nitrogens with zero attached hydrogens (tertiary/aromatic N) is 2. The zero-order chi connectivity index (χ0) is 17.2. The molecule has 0 spiro atoms. The van der Waals surface area contributed by atoms with E-state index >= 15 is 0 Å². The SMILES string of the molecule is CC(C)Cn1cnc2c(NCc3ccccc3)cc3ccccc3c21. The van der Waals surface area contributed by atoms with E-state index in [1.54, 1.807) is 0 Å². The first kappa shape index (κ1) is 15.7. The number of anilines is 1. The first-order chi connectivity index (χ1) is 12.2. The monoisotopic (exact) mass is 329 g/mol. The van der Waals surface area contributed by atoms with Crippen LogP contribution in [-0.2, 0) is 13.1 Å². The summed E-state index contributed by atoms with van der Waals surface area (Å²) in [5.41, 5.74) is 4.64. The molecule has 126 valence electrons. The van der Waals surface area contributed by atoms with Gasteiger partial charge in [0.05, 0.1) is 17.5 Å². The number of rotatable bonds is 5. The number of imidazole rings is 1. The van der Waals surface area contributed by atoms with E-state index in [-0.39, 0.29) is 0 Å². The van der Waals surface area contributed by atoms with Crippen molar-refractivity contribution in [1.29, 1.82) is 0 Å². The molecule has 0 aliphatic rings. The van der Waals surface area contributed by atoms with Crippen LogP contribution in [0.3, 0.4) is 0 Å². The van der Waals surface area contributed by atoms with Crippen LogP contribution in [0.25, 0.3) is 21.8 Å². The summed E-state index contributed by atoms with van der Waals surface area (Å²) < 4.78 is 2.29. The predicted molar refractivity (Wildman–Crippen MR) is 106 cm³/mol. The second kappa shape index (κ2) is 6.60. The molecule has 3 nitrogen and oxygen atoms in total. The summed E-state index contributed by atoms with van der Waals surface area (Å²) in [6.45, 7) is 6.25. The van der Waals surface area contributed by atoms with Crippen molar-refractivity contribution in [1.82, 2.24) is 9.55 Å². The van der Waals surface area contributed by atoms with Crippen LogP contribution in [0.15, 0.2) is 67.0 Å². The average Bonchev–Trinajstić information content (AvgIpc) is 3.04. The molecule has 3 heteroatoms. The Morgan fingerprint density at radius 1 is 1.00 bits per heavy atom. The molecule has 0 aliphatic heterocycles. The largest absolute Gasteiger partial charge is 0.379 e. The second-order valence-corrected chi connectivity index (χ2v) is 6.97. The molecule has 0 amide bonds. The number of benzene rings is 3. The summed E-state index contributed by atoms with van der Waals surface area (Å²) in [5.74, 6) is 0.581. The van der Waals surface area contributed by atoms with Crippen LogP contribution in [0.1, 0.15) is 19.4 Å². The summed E-state index contributed by atoms with van der Waals surface area (Å²) >= 11 is 0. The molecule has 3 aromatic carbocycles. The van der Waals surface area contributed by atoms with E-state index in [1.807, 2.05) is 12.4 Å². The summed E-state index contributed by atoms with van der Waals surface area (Å²) in [5, 5.41) is 6.10. The van der Waals surface area contributed by atoms with Crippen LogP contribution in [0, 0.1) is 5.92 Å². The van der Waals surface area contributed by atoms with Gasteiger partial charge in [0.25, 0.3) is 0 Å². The Balaban J connectivity index is 1.81. The minimum Gasteiger partial charge on any atom is -0.379 e. The van der Waals surface area contributed by atoms with Gasteiger partial charge in [-0.1, -0.05) is 68.4 Å². The Morgan fingerprint density at radius 3 is 2.56 bits per heavy atom. The van der Waals surface area contributed by atoms with Gasteiger partial charge in [0.1, 0.15) is 5.52 Å². The molecule has 0 aliphatic carbocycles. The quantitative estimate of drug-likeness (QED) is 0.527. The van der Waals surface area contributed by atoms with Crippen LogP contribution in [-0.4, -0.2) is 9.55 Å². The average molecular weight is 329 g/mol. The first-order valence-corrected chi connectivity index (χ1v) is 8.87. The lowest BCUT2D eigenvalue weighted by Crippen LogP contribution is -2.04. The molecule has 1 aromatic heterocycles. The van der Waals surface area contributed by atoms with E-state index in [4.69, 9.17) is 4.98 Å². The molecule has 0 radical (unpaired) electrons. The van der Waals surface area contributed by atoms with Crippen molar-refractivity contribution in [3.63, 3.8) is 0 Å². The lowest BCUT2D eigenvalue weighted by atomic mass is 10.1. The van der Waals surface area contributed by atoms with Crippen molar-refractivity contribution >= 4 is 27.5 Å². The number of aromatic nitrogens is 2. The van der Waals surface area contributed by atoms with Gasteiger partial charge in [-0.15, -0.1) is 0 Å². The third-order valence-electron chi connectivity index (χ3n) is 4.50. The van der Waals surface area contributed by atoms with Crippen molar-refractivity contribution in [2.45, 2.75) is 26.9 Å². The smallest absolute Gasteiger partial charge is 0.112 e. The third kappa shape index (κ3) is 3.10. The van der Waals surface area contributed by atoms with Gasteiger partial charge in [-0.25, -0.2) is 4.98 Å². The maximum absolute atomic E-state index is 4.73. The fourth-order valence-corrected chi connectivity index (χ4v) is 3.38. The molecule has 0 fully saturated rings. The van der Waals surface area contributed by atoms with Gasteiger partial charge >= 0.3 is 0 Å². The van der Waals surface area contributed by atoms with E-state index in [9.17, 15) is 0 Å². The maximum atomic E-state index is 4.73. The van der Waals surface area contributed by atoms with Gasteiger partial charge in [0, 0.05) is 18.5 Å². The fourth-order valence-electron chi connectivity index (χ4n) is 3.38. The lowest BCUT2D eigenvalue weighted by molar-refractivity contribution is 0.533. The van der Waals surface area contributed by atoms with Gasteiger partial charge in [-0.05, 0) is 22.9 Å². The van der Waals surface area contributed by atoms with E-state index in [0.717, 1.165) is 24.3 Å². The lowest BCUT2D eigenvalue weighted by Gasteiger charge is -2.13. The van der Waals surface area contributed by atoms with Gasteiger partial charge in [0.2, 0.25) is 0 Å². The minimum absolute atomic E-state index is 0.581. The summed E-state index contributed by atoms with van der Waals surface area (Å²) in [6, 6.07) is 21.3. The number of nitrogens with one attached hydrogen (secondary N) is 1. The zero-order valence-corrected chi connectivity index (χ0v) is 14.7. The Bertz CT molecular complexity index is 1000. The summed E-state index contributed by atoms with van der Waals surface area (Å²) in [4.78, 5) is 4.73. The summed E-state index contributed by atoms with van der Waals surface area (Å²) in [7, 11) is 0. The highest BCUT2D eigenvalue weighted by Gasteiger charge is 2.13.